The first-order chi connectivity index (χ1) is 14.3. The summed E-state index contributed by atoms with van der Waals surface area (Å²) in [6.45, 7) is 5.86. The fourth-order valence-corrected chi connectivity index (χ4v) is 4.15. The zero-order valence-electron chi connectivity index (χ0n) is 17.5. The Balaban J connectivity index is 1.48. The highest BCUT2D eigenvalue weighted by molar-refractivity contribution is 6.22. The van der Waals surface area contributed by atoms with Crippen LogP contribution in [0.3, 0.4) is 0 Å². The molecular weight excluding hydrogens is 378 g/mol. The van der Waals surface area contributed by atoms with Crippen molar-refractivity contribution >= 4 is 23.3 Å². The summed E-state index contributed by atoms with van der Waals surface area (Å²) in [5, 5.41) is 0. The lowest BCUT2D eigenvalue weighted by Crippen LogP contribution is -2.30. The van der Waals surface area contributed by atoms with E-state index in [1.165, 1.54) is 4.90 Å². The number of imide groups is 1. The number of ether oxygens (including phenoxy) is 1. The molecule has 0 bridgehead atoms. The van der Waals surface area contributed by atoms with Gasteiger partial charge in [0.2, 0.25) is 11.8 Å². The predicted octanol–water partition coefficient (Wildman–Crippen LogP) is 4.41. The van der Waals surface area contributed by atoms with Crippen LogP contribution in [0.5, 0.6) is 5.75 Å². The number of aryl methyl sites for hydroxylation is 2. The Kier molecular flexibility index (Phi) is 5.29. The third-order valence-electron chi connectivity index (χ3n) is 6.10. The highest BCUT2D eigenvalue weighted by Gasteiger charge is 2.48. The van der Waals surface area contributed by atoms with Gasteiger partial charge in [-0.15, -0.1) is 0 Å². The summed E-state index contributed by atoms with van der Waals surface area (Å²) in [6.07, 6.45) is 3.29. The van der Waals surface area contributed by atoms with Crippen LogP contribution >= 0.6 is 0 Å². The normalized spacial score (nSPS) is 20.8. The van der Waals surface area contributed by atoms with Crippen molar-refractivity contribution in [3.05, 3.63) is 70.8 Å². The van der Waals surface area contributed by atoms with Gasteiger partial charge >= 0.3 is 0 Å². The molecular formula is C25H25NO4. The lowest BCUT2D eigenvalue weighted by molar-refractivity contribution is -0.122. The van der Waals surface area contributed by atoms with Gasteiger partial charge in [-0.3, -0.25) is 14.4 Å². The van der Waals surface area contributed by atoms with Crippen LogP contribution in [-0.2, 0) is 9.59 Å². The number of allylic oxidation sites excluding steroid dienone is 2. The van der Waals surface area contributed by atoms with Gasteiger partial charge in [-0.1, -0.05) is 29.8 Å². The number of fused-ring (bicyclic) bond motifs is 1. The smallest absolute Gasteiger partial charge is 0.238 e. The minimum atomic E-state index is -0.280. The quantitative estimate of drug-likeness (QED) is 0.421. The van der Waals surface area contributed by atoms with Crippen molar-refractivity contribution in [2.24, 2.45) is 11.8 Å². The molecule has 0 spiro atoms. The second-order valence-electron chi connectivity index (χ2n) is 8.22. The van der Waals surface area contributed by atoms with Gasteiger partial charge in [0.1, 0.15) is 5.75 Å². The summed E-state index contributed by atoms with van der Waals surface area (Å²) in [6, 6.07) is 12.4. The molecule has 0 saturated carbocycles. The summed E-state index contributed by atoms with van der Waals surface area (Å²) in [5.41, 5.74) is 4.44. The standard InChI is InChI=1S/C25H25NO4/c1-15-7-10-21-22(11-15)25(29)26(24(21)28)19-5-4-6-20(13-19)30-14-23(27)18-9-8-16(2)17(3)12-18/h4-9,12-13,21-22H,10-11,14H2,1-3H3/t21-,22+/m0/s1. The molecule has 0 unspecified atom stereocenters. The molecule has 2 amide bonds. The summed E-state index contributed by atoms with van der Waals surface area (Å²) in [4.78, 5) is 39.5. The van der Waals surface area contributed by atoms with Crippen LogP contribution in [0.25, 0.3) is 0 Å². The SMILES string of the molecule is CC1=CC[C@@H]2C(=O)N(c3cccc(OCC(=O)c4ccc(C)c(C)c4)c3)C(=O)[C@@H]2C1. The number of carbonyl (C=O) groups is 3. The highest BCUT2D eigenvalue weighted by Crippen LogP contribution is 2.40. The zero-order valence-corrected chi connectivity index (χ0v) is 17.5. The fourth-order valence-electron chi connectivity index (χ4n) is 4.15. The van der Waals surface area contributed by atoms with E-state index in [0.717, 1.165) is 16.7 Å². The number of amides is 2. The van der Waals surface area contributed by atoms with Crippen LogP contribution in [0, 0.1) is 25.7 Å². The number of hydrogen-bond acceptors (Lipinski definition) is 4. The number of anilines is 1. The van der Waals surface area contributed by atoms with Crippen molar-refractivity contribution in [2.75, 3.05) is 11.5 Å². The van der Waals surface area contributed by atoms with Crippen LogP contribution in [-0.4, -0.2) is 24.2 Å². The van der Waals surface area contributed by atoms with Gasteiger partial charge in [-0.05, 0) is 62.9 Å². The van der Waals surface area contributed by atoms with Crippen molar-refractivity contribution < 1.29 is 19.1 Å². The molecule has 30 heavy (non-hydrogen) atoms. The van der Waals surface area contributed by atoms with Crippen LogP contribution in [0.15, 0.2) is 54.1 Å². The molecule has 4 rings (SSSR count). The summed E-state index contributed by atoms with van der Waals surface area (Å²) in [5.74, 6) is -0.535. The first-order valence-electron chi connectivity index (χ1n) is 10.2. The molecule has 0 radical (unpaired) electrons. The van der Waals surface area contributed by atoms with Gasteiger partial charge in [-0.25, -0.2) is 4.90 Å². The number of rotatable bonds is 5. The van der Waals surface area contributed by atoms with E-state index in [1.807, 2.05) is 39.0 Å². The number of benzene rings is 2. The van der Waals surface area contributed by atoms with E-state index in [2.05, 4.69) is 0 Å². The minimum absolute atomic E-state index is 0.109. The van der Waals surface area contributed by atoms with Crippen molar-refractivity contribution in [1.29, 1.82) is 0 Å². The van der Waals surface area contributed by atoms with Gasteiger partial charge in [-0.2, -0.15) is 0 Å². The maximum Gasteiger partial charge on any atom is 0.238 e. The first-order valence-corrected chi connectivity index (χ1v) is 10.2. The second-order valence-corrected chi connectivity index (χ2v) is 8.22. The van der Waals surface area contributed by atoms with Gasteiger partial charge < -0.3 is 4.74 Å². The number of hydrogen-bond donors (Lipinski definition) is 0. The van der Waals surface area contributed by atoms with E-state index >= 15 is 0 Å². The third kappa shape index (κ3) is 3.67. The van der Waals surface area contributed by atoms with E-state index in [1.54, 1.807) is 30.3 Å². The predicted molar refractivity (Wildman–Crippen MR) is 115 cm³/mol. The van der Waals surface area contributed by atoms with Crippen molar-refractivity contribution in [3.8, 4) is 5.75 Å². The van der Waals surface area contributed by atoms with E-state index in [0.29, 0.717) is 29.8 Å². The molecule has 2 atom stereocenters. The van der Waals surface area contributed by atoms with E-state index in [4.69, 9.17) is 4.74 Å². The maximum atomic E-state index is 12.9. The van der Waals surface area contributed by atoms with Crippen LogP contribution in [0.2, 0.25) is 0 Å². The van der Waals surface area contributed by atoms with E-state index in [9.17, 15) is 14.4 Å². The Morgan fingerprint density at radius 1 is 1.00 bits per heavy atom. The van der Waals surface area contributed by atoms with Gasteiger partial charge in [0.05, 0.1) is 17.5 Å². The molecule has 154 valence electrons. The van der Waals surface area contributed by atoms with Crippen LogP contribution in [0.4, 0.5) is 5.69 Å². The van der Waals surface area contributed by atoms with E-state index < -0.39 is 0 Å². The molecule has 1 aliphatic heterocycles. The third-order valence-corrected chi connectivity index (χ3v) is 6.10. The van der Waals surface area contributed by atoms with Crippen molar-refractivity contribution in [1.82, 2.24) is 0 Å². The van der Waals surface area contributed by atoms with Crippen molar-refractivity contribution in [2.45, 2.75) is 33.6 Å². The fraction of sp³-hybridized carbons (Fsp3) is 0.320. The number of carbonyl (C=O) groups excluding carboxylic acids is 3. The monoisotopic (exact) mass is 403 g/mol. The molecule has 2 aliphatic rings. The molecule has 5 nitrogen and oxygen atoms in total. The average molecular weight is 403 g/mol. The molecule has 1 heterocycles. The van der Waals surface area contributed by atoms with Crippen molar-refractivity contribution in [3.63, 3.8) is 0 Å². The Hall–Kier alpha value is -3.21. The molecule has 1 fully saturated rings. The number of ketones is 1. The lowest BCUT2D eigenvalue weighted by Gasteiger charge is -2.18. The molecule has 0 N–H and O–H groups in total. The molecule has 2 aromatic carbocycles. The first kappa shape index (κ1) is 20.1. The molecule has 1 aliphatic carbocycles. The summed E-state index contributed by atoms with van der Waals surface area (Å²) in [7, 11) is 0. The lowest BCUT2D eigenvalue weighted by atomic mass is 9.82. The number of Topliss-reactive ketones (excluding diaryl/α,β-unsaturated/α-hetero) is 1. The minimum Gasteiger partial charge on any atom is -0.485 e. The Labute approximate surface area is 176 Å². The molecule has 2 aromatic rings. The number of nitrogens with zero attached hydrogens (tertiary/aromatic N) is 1. The molecule has 5 heteroatoms. The van der Waals surface area contributed by atoms with Crippen LogP contribution < -0.4 is 9.64 Å². The van der Waals surface area contributed by atoms with Gasteiger partial charge in [0, 0.05) is 11.6 Å². The van der Waals surface area contributed by atoms with E-state index in [-0.39, 0.29) is 36.0 Å². The Morgan fingerprint density at radius 3 is 2.53 bits per heavy atom. The van der Waals surface area contributed by atoms with Gasteiger partial charge in [0.25, 0.3) is 0 Å². The Bertz CT molecular complexity index is 1070. The average Bonchev–Trinajstić information content (AvgIpc) is 2.98. The van der Waals surface area contributed by atoms with Crippen LogP contribution in [0.1, 0.15) is 41.3 Å². The molecule has 1 saturated heterocycles. The second kappa shape index (κ2) is 7.90. The summed E-state index contributed by atoms with van der Waals surface area (Å²) < 4.78 is 5.69. The zero-order chi connectivity index (χ0) is 21.4. The summed E-state index contributed by atoms with van der Waals surface area (Å²) >= 11 is 0. The topological polar surface area (TPSA) is 63.7 Å². The maximum absolute atomic E-state index is 12.9. The molecule has 0 aromatic heterocycles. The largest absolute Gasteiger partial charge is 0.485 e. The Morgan fingerprint density at radius 2 is 1.77 bits per heavy atom. The van der Waals surface area contributed by atoms with Gasteiger partial charge in [0.15, 0.2) is 12.4 Å². The highest BCUT2D eigenvalue weighted by atomic mass is 16.5.